The lowest BCUT2D eigenvalue weighted by molar-refractivity contribution is 0.174. The minimum absolute atomic E-state index is 0. The Balaban J connectivity index is 0.00000144. The molecule has 0 spiro atoms. The van der Waals surface area contributed by atoms with Gasteiger partial charge in [0.05, 0.1) is 0 Å². The third kappa shape index (κ3) is 3.68. The van der Waals surface area contributed by atoms with Crippen LogP contribution in [0.15, 0.2) is 12.1 Å². The monoisotopic (exact) mass is 274 g/mol. The topological polar surface area (TPSA) is 15.3 Å². The zero-order chi connectivity index (χ0) is 11.8. The van der Waals surface area contributed by atoms with Gasteiger partial charge in [0, 0.05) is 35.4 Å². The summed E-state index contributed by atoms with van der Waals surface area (Å²) in [5.74, 6) is 0. The second-order valence-electron chi connectivity index (χ2n) is 5.74. The van der Waals surface area contributed by atoms with Crippen LogP contribution < -0.4 is 5.32 Å². The number of halogens is 1. The number of likely N-dealkylation sites (N-methyl/N-ethyl adjacent to an activating group) is 1. The Labute approximate surface area is 115 Å². The van der Waals surface area contributed by atoms with E-state index in [1.165, 1.54) is 9.75 Å². The molecule has 1 aliphatic heterocycles. The molecule has 0 aromatic carbocycles. The highest BCUT2D eigenvalue weighted by Crippen LogP contribution is 2.30. The minimum Gasteiger partial charge on any atom is -0.314 e. The highest BCUT2D eigenvalue weighted by molar-refractivity contribution is 7.12. The number of nitrogens with one attached hydrogen (secondary N) is 1. The van der Waals surface area contributed by atoms with E-state index in [0.29, 0.717) is 5.41 Å². The fraction of sp³-hybridized carbons (Fsp3) is 0.692. The summed E-state index contributed by atoms with van der Waals surface area (Å²) in [6, 6.07) is 5.31. The molecule has 0 unspecified atom stereocenters. The van der Waals surface area contributed by atoms with Crippen molar-refractivity contribution < 1.29 is 0 Å². The third-order valence-electron chi connectivity index (χ3n) is 3.19. The predicted octanol–water partition coefficient (Wildman–Crippen LogP) is 2.87. The van der Waals surface area contributed by atoms with Crippen LogP contribution in [0.1, 0.15) is 30.5 Å². The SMILES string of the molecule is CN(Cc1ccc(C(C)(C)C)s1)C1CNC1.Cl. The van der Waals surface area contributed by atoms with Gasteiger partial charge in [-0.3, -0.25) is 4.90 Å². The van der Waals surface area contributed by atoms with E-state index in [1.54, 1.807) is 0 Å². The number of hydrogen-bond donors (Lipinski definition) is 1. The molecular weight excluding hydrogens is 252 g/mol. The Morgan fingerprint density at radius 1 is 1.35 bits per heavy atom. The summed E-state index contributed by atoms with van der Waals surface area (Å²) >= 11 is 1.96. The van der Waals surface area contributed by atoms with Crippen molar-refractivity contribution in [2.75, 3.05) is 20.1 Å². The fourth-order valence-corrected chi connectivity index (χ4v) is 2.96. The van der Waals surface area contributed by atoms with Gasteiger partial charge in [-0.25, -0.2) is 0 Å². The van der Waals surface area contributed by atoms with E-state index in [0.717, 1.165) is 25.7 Å². The van der Waals surface area contributed by atoms with Crippen molar-refractivity contribution in [1.29, 1.82) is 0 Å². The molecule has 0 amide bonds. The summed E-state index contributed by atoms with van der Waals surface area (Å²) in [4.78, 5) is 5.43. The molecule has 17 heavy (non-hydrogen) atoms. The van der Waals surface area contributed by atoms with Crippen LogP contribution in [0.5, 0.6) is 0 Å². The maximum Gasteiger partial charge on any atom is 0.0346 e. The third-order valence-corrected chi connectivity index (χ3v) is 4.69. The maximum atomic E-state index is 3.32. The lowest BCUT2D eigenvalue weighted by Gasteiger charge is -2.35. The molecule has 1 aromatic heterocycles. The van der Waals surface area contributed by atoms with Gasteiger partial charge in [0.15, 0.2) is 0 Å². The summed E-state index contributed by atoms with van der Waals surface area (Å²) in [6.45, 7) is 10.2. The smallest absolute Gasteiger partial charge is 0.0346 e. The van der Waals surface area contributed by atoms with Gasteiger partial charge in [0.2, 0.25) is 0 Å². The van der Waals surface area contributed by atoms with Crippen LogP contribution in [-0.4, -0.2) is 31.1 Å². The average molecular weight is 275 g/mol. The first-order chi connectivity index (χ1) is 7.47. The van der Waals surface area contributed by atoms with Crippen molar-refractivity contribution in [3.05, 3.63) is 21.9 Å². The maximum absolute atomic E-state index is 3.32. The lowest BCUT2D eigenvalue weighted by Crippen LogP contribution is -2.55. The molecule has 2 rings (SSSR count). The summed E-state index contributed by atoms with van der Waals surface area (Å²) in [7, 11) is 2.22. The second kappa shape index (κ2) is 5.70. The standard InChI is InChI=1S/C13H22N2S.ClH/c1-13(2,3)12-6-5-11(16-12)9-15(4)10-7-14-8-10;/h5-6,10,14H,7-9H2,1-4H3;1H. The second-order valence-corrected chi connectivity index (χ2v) is 6.91. The van der Waals surface area contributed by atoms with E-state index in [2.05, 4.69) is 50.2 Å². The Kier molecular flexibility index (Phi) is 5.02. The highest BCUT2D eigenvalue weighted by atomic mass is 35.5. The molecular formula is C13H23ClN2S. The quantitative estimate of drug-likeness (QED) is 0.912. The lowest BCUT2D eigenvalue weighted by atomic mass is 9.95. The van der Waals surface area contributed by atoms with Crippen LogP contribution >= 0.6 is 23.7 Å². The molecule has 1 aliphatic rings. The van der Waals surface area contributed by atoms with Gasteiger partial charge >= 0.3 is 0 Å². The Hall–Kier alpha value is -0.0900. The largest absolute Gasteiger partial charge is 0.314 e. The van der Waals surface area contributed by atoms with Crippen LogP contribution in [0.4, 0.5) is 0 Å². The van der Waals surface area contributed by atoms with Gasteiger partial charge in [-0.05, 0) is 24.6 Å². The Morgan fingerprint density at radius 3 is 2.41 bits per heavy atom. The van der Waals surface area contributed by atoms with Gasteiger partial charge in [0.25, 0.3) is 0 Å². The summed E-state index contributed by atoms with van der Waals surface area (Å²) in [6.07, 6.45) is 0. The Morgan fingerprint density at radius 2 is 2.00 bits per heavy atom. The molecule has 2 heterocycles. The van der Waals surface area contributed by atoms with E-state index < -0.39 is 0 Å². The first-order valence-corrected chi connectivity index (χ1v) is 6.78. The van der Waals surface area contributed by atoms with E-state index in [1.807, 2.05) is 11.3 Å². The number of rotatable bonds is 3. The van der Waals surface area contributed by atoms with Crippen molar-refractivity contribution in [3.63, 3.8) is 0 Å². The predicted molar refractivity (Wildman–Crippen MR) is 78.4 cm³/mol. The molecule has 1 saturated heterocycles. The zero-order valence-corrected chi connectivity index (χ0v) is 12.8. The van der Waals surface area contributed by atoms with Gasteiger partial charge in [0.1, 0.15) is 0 Å². The first-order valence-electron chi connectivity index (χ1n) is 5.97. The van der Waals surface area contributed by atoms with Crippen LogP contribution in [-0.2, 0) is 12.0 Å². The van der Waals surface area contributed by atoms with Crippen LogP contribution in [0.3, 0.4) is 0 Å². The average Bonchev–Trinajstić information content (AvgIpc) is 2.47. The number of hydrogen-bond acceptors (Lipinski definition) is 3. The number of nitrogens with zero attached hydrogens (tertiary/aromatic N) is 1. The van der Waals surface area contributed by atoms with Crippen molar-refractivity contribution in [1.82, 2.24) is 10.2 Å². The molecule has 0 saturated carbocycles. The molecule has 0 bridgehead atoms. The van der Waals surface area contributed by atoms with Crippen LogP contribution in [0, 0.1) is 0 Å². The fourth-order valence-electron chi connectivity index (χ4n) is 1.83. The van der Waals surface area contributed by atoms with E-state index in [4.69, 9.17) is 0 Å². The number of thiophene rings is 1. The van der Waals surface area contributed by atoms with Crippen LogP contribution in [0.2, 0.25) is 0 Å². The first kappa shape index (κ1) is 15.0. The van der Waals surface area contributed by atoms with E-state index in [9.17, 15) is 0 Å². The molecule has 0 atom stereocenters. The molecule has 1 fully saturated rings. The molecule has 98 valence electrons. The summed E-state index contributed by atoms with van der Waals surface area (Å²) in [5, 5.41) is 3.32. The highest BCUT2D eigenvalue weighted by Gasteiger charge is 2.22. The van der Waals surface area contributed by atoms with E-state index >= 15 is 0 Å². The molecule has 1 N–H and O–H groups in total. The van der Waals surface area contributed by atoms with Crippen molar-refractivity contribution >= 4 is 23.7 Å². The normalized spacial score (nSPS) is 16.8. The molecule has 0 radical (unpaired) electrons. The van der Waals surface area contributed by atoms with Crippen molar-refractivity contribution in [2.24, 2.45) is 0 Å². The van der Waals surface area contributed by atoms with Crippen LogP contribution in [0.25, 0.3) is 0 Å². The van der Waals surface area contributed by atoms with Gasteiger partial charge in [-0.2, -0.15) is 0 Å². The summed E-state index contributed by atoms with van der Waals surface area (Å²) < 4.78 is 0. The summed E-state index contributed by atoms with van der Waals surface area (Å²) in [5.41, 5.74) is 0.291. The van der Waals surface area contributed by atoms with Gasteiger partial charge in [-0.1, -0.05) is 20.8 Å². The minimum atomic E-state index is 0. The molecule has 0 aliphatic carbocycles. The van der Waals surface area contributed by atoms with Crippen molar-refractivity contribution in [2.45, 2.75) is 38.8 Å². The Bertz CT molecular complexity index is 353. The molecule has 2 nitrogen and oxygen atoms in total. The van der Waals surface area contributed by atoms with Gasteiger partial charge < -0.3 is 5.32 Å². The molecule has 1 aromatic rings. The van der Waals surface area contributed by atoms with Gasteiger partial charge in [-0.15, -0.1) is 23.7 Å². The van der Waals surface area contributed by atoms with Crippen molar-refractivity contribution in [3.8, 4) is 0 Å². The zero-order valence-electron chi connectivity index (χ0n) is 11.1. The molecule has 4 heteroatoms. The van der Waals surface area contributed by atoms with E-state index in [-0.39, 0.29) is 12.4 Å².